The molecule has 9 nitrogen and oxygen atoms in total. The van der Waals surface area contributed by atoms with E-state index in [0.717, 1.165) is 63.4 Å². The third kappa shape index (κ3) is 4.68. The summed E-state index contributed by atoms with van der Waals surface area (Å²) in [5.74, 6) is 0.909. The molecule has 4 rings (SSSR count). The Balaban J connectivity index is 1.38. The van der Waals surface area contributed by atoms with Crippen molar-refractivity contribution in [1.82, 2.24) is 25.0 Å². The van der Waals surface area contributed by atoms with Crippen molar-refractivity contribution in [3.8, 4) is 0 Å². The lowest BCUT2D eigenvalue weighted by atomic mass is 9.80. The Labute approximate surface area is 177 Å². The van der Waals surface area contributed by atoms with E-state index < -0.39 is 9.84 Å². The molecule has 0 radical (unpaired) electrons. The molecule has 2 fully saturated rings. The third-order valence-corrected chi connectivity index (χ3v) is 7.89. The molecule has 1 spiro atoms. The Kier molecular flexibility index (Phi) is 5.87. The van der Waals surface area contributed by atoms with Crippen molar-refractivity contribution < 1.29 is 18.0 Å². The van der Waals surface area contributed by atoms with Gasteiger partial charge in [-0.3, -0.25) is 9.59 Å². The van der Waals surface area contributed by atoms with Gasteiger partial charge in [0.1, 0.15) is 15.7 Å². The smallest absolute Gasteiger partial charge is 0.289 e. The summed E-state index contributed by atoms with van der Waals surface area (Å²) >= 11 is 0. The highest BCUT2D eigenvalue weighted by molar-refractivity contribution is 7.90. The van der Waals surface area contributed by atoms with Gasteiger partial charge in [0.25, 0.3) is 5.91 Å². The number of likely N-dealkylation sites (tertiary alicyclic amines) is 1. The van der Waals surface area contributed by atoms with Crippen molar-refractivity contribution >= 4 is 21.7 Å². The van der Waals surface area contributed by atoms with Gasteiger partial charge in [-0.25, -0.2) is 8.42 Å². The number of nitrogens with zero attached hydrogens (tertiary/aromatic N) is 4. The fourth-order valence-corrected chi connectivity index (χ4v) is 5.63. The van der Waals surface area contributed by atoms with Gasteiger partial charge in [-0.1, -0.05) is 12.8 Å². The van der Waals surface area contributed by atoms with E-state index in [1.807, 2.05) is 9.47 Å². The van der Waals surface area contributed by atoms with Crippen LogP contribution in [0, 0.1) is 5.41 Å². The van der Waals surface area contributed by atoms with Crippen LogP contribution in [0.5, 0.6) is 0 Å². The van der Waals surface area contributed by atoms with E-state index in [1.165, 1.54) is 0 Å². The molecule has 3 aliphatic rings. The standard InChI is InChI=1S/C20H31N5O4S/c1-30(28,29)13-7-17(26)24-11-9-20(14-24)8-6-16-22-23-18(25(16)12-10-20)19(27)21-15-4-2-3-5-15/h15H,2-14H2,1H3,(H,21,27). The molecule has 1 saturated carbocycles. The van der Waals surface area contributed by atoms with Gasteiger partial charge in [0.15, 0.2) is 0 Å². The van der Waals surface area contributed by atoms with Gasteiger partial charge in [0, 0.05) is 44.8 Å². The Morgan fingerprint density at radius 3 is 2.60 bits per heavy atom. The van der Waals surface area contributed by atoms with Crippen molar-refractivity contribution in [1.29, 1.82) is 0 Å². The van der Waals surface area contributed by atoms with E-state index in [0.29, 0.717) is 25.5 Å². The predicted octanol–water partition coefficient (Wildman–Crippen LogP) is 0.940. The van der Waals surface area contributed by atoms with Crippen LogP contribution in [-0.2, 0) is 27.6 Å². The number of hydrogen-bond donors (Lipinski definition) is 1. The zero-order chi connectivity index (χ0) is 21.4. The molecule has 30 heavy (non-hydrogen) atoms. The summed E-state index contributed by atoms with van der Waals surface area (Å²) in [6, 6.07) is 0.240. The summed E-state index contributed by atoms with van der Waals surface area (Å²) in [6.45, 7) is 1.98. The molecule has 10 heteroatoms. The molecule has 0 aromatic carbocycles. The molecule has 1 N–H and O–H groups in total. The summed E-state index contributed by atoms with van der Waals surface area (Å²) in [7, 11) is -3.14. The Morgan fingerprint density at radius 1 is 1.13 bits per heavy atom. The first kappa shape index (κ1) is 21.3. The van der Waals surface area contributed by atoms with Crippen molar-refractivity contribution in [2.24, 2.45) is 5.41 Å². The summed E-state index contributed by atoms with van der Waals surface area (Å²) in [5, 5.41) is 11.5. The SMILES string of the molecule is CS(=O)(=O)CCC(=O)N1CCC2(CCc3nnc(C(=O)NC4CCCC4)n3CC2)C1. The molecule has 1 unspecified atom stereocenters. The number of aryl methyl sites for hydroxylation is 1. The molecule has 2 amide bonds. The van der Waals surface area contributed by atoms with Crippen LogP contribution in [0.25, 0.3) is 0 Å². The second-order valence-electron chi connectivity index (χ2n) is 9.24. The molecule has 1 atom stereocenters. The number of nitrogens with one attached hydrogen (secondary N) is 1. The molecular formula is C20H31N5O4S. The molecular weight excluding hydrogens is 406 g/mol. The van der Waals surface area contributed by atoms with Crippen molar-refractivity contribution in [3.63, 3.8) is 0 Å². The van der Waals surface area contributed by atoms with Gasteiger partial charge in [-0.2, -0.15) is 0 Å². The van der Waals surface area contributed by atoms with Crippen LogP contribution in [0.4, 0.5) is 0 Å². The van der Waals surface area contributed by atoms with Crippen LogP contribution in [-0.4, -0.2) is 71.0 Å². The number of amides is 2. The van der Waals surface area contributed by atoms with Crippen molar-refractivity contribution in [2.45, 2.75) is 70.4 Å². The minimum Gasteiger partial charge on any atom is -0.347 e. The van der Waals surface area contributed by atoms with E-state index in [-0.39, 0.29) is 35.4 Å². The topological polar surface area (TPSA) is 114 Å². The number of carbonyl (C=O) groups is 2. The fraction of sp³-hybridized carbons (Fsp3) is 0.800. The van der Waals surface area contributed by atoms with Gasteiger partial charge < -0.3 is 14.8 Å². The Hall–Kier alpha value is -1.97. The van der Waals surface area contributed by atoms with Crippen LogP contribution in [0.2, 0.25) is 0 Å². The maximum absolute atomic E-state index is 12.7. The maximum atomic E-state index is 12.7. The zero-order valence-corrected chi connectivity index (χ0v) is 18.4. The van der Waals surface area contributed by atoms with Gasteiger partial charge in [0.05, 0.1) is 5.75 Å². The van der Waals surface area contributed by atoms with E-state index >= 15 is 0 Å². The second kappa shape index (κ2) is 8.28. The second-order valence-corrected chi connectivity index (χ2v) is 11.5. The summed E-state index contributed by atoms with van der Waals surface area (Å²) in [5.41, 5.74) is 0.000643. The minimum absolute atomic E-state index is 0.000643. The van der Waals surface area contributed by atoms with Crippen molar-refractivity contribution in [3.05, 3.63) is 11.6 Å². The largest absolute Gasteiger partial charge is 0.347 e. The quantitative estimate of drug-likeness (QED) is 0.733. The maximum Gasteiger partial charge on any atom is 0.289 e. The average molecular weight is 438 g/mol. The minimum atomic E-state index is -3.14. The first-order chi connectivity index (χ1) is 14.2. The van der Waals surface area contributed by atoms with E-state index in [9.17, 15) is 18.0 Å². The van der Waals surface area contributed by atoms with E-state index in [4.69, 9.17) is 0 Å². The van der Waals surface area contributed by atoms with Gasteiger partial charge in [-0.15, -0.1) is 10.2 Å². The predicted molar refractivity (Wildman–Crippen MR) is 111 cm³/mol. The molecule has 2 aliphatic heterocycles. The van der Waals surface area contributed by atoms with Crippen LogP contribution in [0.15, 0.2) is 0 Å². The highest BCUT2D eigenvalue weighted by atomic mass is 32.2. The van der Waals surface area contributed by atoms with Crippen LogP contribution in [0.3, 0.4) is 0 Å². The zero-order valence-electron chi connectivity index (χ0n) is 17.6. The molecule has 166 valence electrons. The molecule has 0 bridgehead atoms. The van der Waals surface area contributed by atoms with Gasteiger partial charge >= 0.3 is 0 Å². The lowest BCUT2D eigenvalue weighted by Gasteiger charge is -2.27. The average Bonchev–Trinajstić information content (AvgIpc) is 3.40. The molecule has 1 aromatic heterocycles. The molecule has 1 saturated heterocycles. The third-order valence-electron chi connectivity index (χ3n) is 6.94. The monoisotopic (exact) mass is 437 g/mol. The van der Waals surface area contributed by atoms with Gasteiger partial charge in [0.2, 0.25) is 11.7 Å². The number of aromatic nitrogens is 3. The highest BCUT2D eigenvalue weighted by Crippen LogP contribution is 2.41. The first-order valence-corrected chi connectivity index (χ1v) is 13.0. The Bertz CT molecular complexity index is 922. The van der Waals surface area contributed by atoms with Crippen LogP contribution < -0.4 is 5.32 Å². The van der Waals surface area contributed by atoms with Crippen LogP contribution in [0.1, 0.15) is 67.8 Å². The number of rotatable bonds is 5. The number of carbonyl (C=O) groups excluding carboxylic acids is 2. The normalized spacial score (nSPS) is 24.8. The summed E-state index contributed by atoms with van der Waals surface area (Å²) in [4.78, 5) is 27.0. The summed E-state index contributed by atoms with van der Waals surface area (Å²) < 4.78 is 24.7. The van der Waals surface area contributed by atoms with E-state index in [1.54, 1.807) is 0 Å². The number of hydrogen-bond acceptors (Lipinski definition) is 6. The highest BCUT2D eigenvalue weighted by Gasteiger charge is 2.41. The van der Waals surface area contributed by atoms with Crippen LogP contribution >= 0.6 is 0 Å². The number of fused-ring (bicyclic) bond motifs is 1. The Morgan fingerprint density at radius 2 is 1.87 bits per heavy atom. The van der Waals surface area contributed by atoms with E-state index in [2.05, 4.69) is 15.5 Å². The summed E-state index contributed by atoms with van der Waals surface area (Å²) in [6.07, 6.45) is 8.96. The molecule has 1 aliphatic carbocycles. The number of sulfone groups is 1. The lowest BCUT2D eigenvalue weighted by molar-refractivity contribution is -0.130. The molecule has 3 heterocycles. The van der Waals surface area contributed by atoms with Crippen molar-refractivity contribution in [2.75, 3.05) is 25.1 Å². The fourth-order valence-electron chi connectivity index (χ4n) is 5.08. The van der Waals surface area contributed by atoms with Gasteiger partial charge in [-0.05, 0) is 37.5 Å². The lowest BCUT2D eigenvalue weighted by Crippen LogP contribution is -2.35. The molecule has 1 aromatic rings. The first-order valence-electron chi connectivity index (χ1n) is 10.9.